The van der Waals surface area contributed by atoms with E-state index in [0.29, 0.717) is 17.6 Å². The summed E-state index contributed by atoms with van der Waals surface area (Å²) in [6.45, 7) is 0. The van der Waals surface area contributed by atoms with Gasteiger partial charge < -0.3 is 14.3 Å². The zero-order valence-corrected chi connectivity index (χ0v) is 13.4. The number of benzene rings is 1. The van der Waals surface area contributed by atoms with E-state index in [0.717, 1.165) is 17.3 Å². The Morgan fingerprint density at radius 2 is 2.17 bits per heavy atom. The number of hydrogen-bond donors (Lipinski definition) is 1. The lowest BCUT2D eigenvalue weighted by molar-refractivity contribution is 0.0995. The molecule has 0 aliphatic heterocycles. The van der Waals surface area contributed by atoms with Crippen LogP contribution in [0.5, 0.6) is 0 Å². The molecule has 1 aromatic carbocycles. The Morgan fingerprint density at radius 3 is 2.88 bits per heavy atom. The second-order valence-electron chi connectivity index (χ2n) is 4.95. The van der Waals surface area contributed by atoms with Gasteiger partial charge >= 0.3 is 0 Å². The summed E-state index contributed by atoms with van der Waals surface area (Å²) >= 11 is 1.46. The van der Waals surface area contributed by atoms with Gasteiger partial charge in [-0.1, -0.05) is 11.8 Å². The number of furan rings is 1. The third-order valence-corrected chi connectivity index (χ3v) is 4.27. The predicted molar refractivity (Wildman–Crippen MR) is 85.8 cm³/mol. The van der Waals surface area contributed by atoms with Crippen molar-refractivity contribution in [3.63, 3.8) is 0 Å². The van der Waals surface area contributed by atoms with Gasteiger partial charge in [-0.25, -0.2) is 13.8 Å². The monoisotopic (exact) mass is 349 g/mol. The molecule has 2 aromatic heterocycles. The Labute approximate surface area is 140 Å². The first-order valence-corrected chi connectivity index (χ1v) is 7.97. The van der Waals surface area contributed by atoms with E-state index >= 15 is 0 Å². The SMILES string of the molecule is Cn1ccnc1SCc1ccc(C(=O)Nc2ccc(F)cc2F)o1. The fourth-order valence-electron chi connectivity index (χ4n) is 1.98. The van der Waals surface area contributed by atoms with Gasteiger partial charge in [0, 0.05) is 25.5 Å². The summed E-state index contributed by atoms with van der Waals surface area (Å²) in [7, 11) is 1.88. The molecule has 1 amide bonds. The van der Waals surface area contributed by atoms with Crippen LogP contribution in [-0.4, -0.2) is 15.5 Å². The lowest BCUT2D eigenvalue weighted by Crippen LogP contribution is -2.12. The molecule has 2 heterocycles. The molecular weight excluding hydrogens is 336 g/mol. The summed E-state index contributed by atoms with van der Waals surface area (Å²) in [6, 6.07) is 6.10. The van der Waals surface area contributed by atoms with Crippen LogP contribution >= 0.6 is 11.8 Å². The van der Waals surface area contributed by atoms with Crippen molar-refractivity contribution >= 4 is 23.4 Å². The molecule has 0 fully saturated rings. The summed E-state index contributed by atoms with van der Waals surface area (Å²) in [4.78, 5) is 16.2. The Bertz CT molecular complexity index is 876. The van der Waals surface area contributed by atoms with Crippen LogP contribution < -0.4 is 5.32 Å². The fourth-order valence-corrected chi connectivity index (χ4v) is 2.81. The average molecular weight is 349 g/mol. The van der Waals surface area contributed by atoms with Crippen molar-refractivity contribution in [3.05, 3.63) is 65.9 Å². The van der Waals surface area contributed by atoms with Gasteiger partial charge in [-0.2, -0.15) is 0 Å². The zero-order chi connectivity index (χ0) is 17.1. The lowest BCUT2D eigenvalue weighted by atomic mass is 10.3. The van der Waals surface area contributed by atoms with Crippen molar-refractivity contribution in [1.29, 1.82) is 0 Å². The van der Waals surface area contributed by atoms with Gasteiger partial charge in [0.25, 0.3) is 5.91 Å². The number of anilines is 1. The van der Waals surface area contributed by atoms with Gasteiger partial charge in [0.1, 0.15) is 17.4 Å². The lowest BCUT2D eigenvalue weighted by Gasteiger charge is -2.04. The van der Waals surface area contributed by atoms with Crippen LogP contribution in [0.3, 0.4) is 0 Å². The molecule has 124 valence electrons. The number of imidazole rings is 1. The first kappa shape index (κ1) is 16.3. The second-order valence-corrected chi connectivity index (χ2v) is 5.90. The van der Waals surface area contributed by atoms with Gasteiger partial charge in [0.05, 0.1) is 11.4 Å². The Hall–Kier alpha value is -2.61. The molecule has 0 aliphatic rings. The number of amides is 1. The maximum Gasteiger partial charge on any atom is 0.291 e. The molecule has 0 unspecified atom stereocenters. The summed E-state index contributed by atoms with van der Waals surface area (Å²) in [5, 5.41) is 3.17. The first-order valence-electron chi connectivity index (χ1n) is 6.98. The Morgan fingerprint density at radius 1 is 1.33 bits per heavy atom. The minimum absolute atomic E-state index is 0.0502. The highest BCUT2D eigenvalue weighted by Gasteiger charge is 2.14. The van der Waals surface area contributed by atoms with E-state index in [9.17, 15) is 13.6 Å². The normalized spacial score (nSPS) is 10.8. The largest absolute Gasteiger partial charge is 0.455 e. The second kappa shape index (κ2) is 6.88. The molecule has 24 heavy (non-hydrogen) atoms. The molecule has 1 N–H and O–H groups in total. The van der Waals surface area contributed by atoms with E-state index in [1.807, 2.05) is 17.8 Å². The molecule has 0 radical (unpaired) electrons. The number of carbonyl (C=O) groups is 1. The van der Waals surface area contributed by atoms with Gasteiger partial charge in [0.2, 0.25) is 0 Å². The number of halogens is 2. The van der Waals surface area contributed by atoms with Gasteiger partial charge in [-0.15, -0.1) is 0 Å². The summed E-state index contributed by atoms with van der Waals surface area (Å²) in [6.07, 6.45) is 3.53. The van der Waals surface area contributed by atoms with Crippen LogP contribution in [0.2, 0.25) is 0 Å². The van der Waals surface area contributed by atoms with Crippen molar-refractivity contribution in [1.82, 2.24) is 9.55 Å². The van der Waals surface area contributed by atoms with Crippen LogP contribution in [0.25, 0.3) is 0 Å². The van der Waals surface area contributed by atoms with Crippen LogP contribution in [-0.2, 0) is 12.8 Å². The Kier molecular flexibility index (Phi) is 4.66. The summed E-state index contributed by atoms with van der Waals surface area (Å²) < 4.78 is 33.7. The van der Waals surface area contributed by atoms with Crippen molar-refractivity contribution in [2.24, 2.45) is 7.05 Å². The zero-order valence-electron chi connectivity index (χ0n) is 12.6. The van der Waals surface area contributed by atoms with E-state index in [-0.39, 0.29) is 11.4 Å². The van der Waals surface area contributed by atoms with E-state index in [2.05, 4.69) is 10.3 Å². The molecule has 5 nitrogen and oxygen atoms in total. The van der Waals surface area contributed by atoms with Gasteiger partial charge in [-0.05, 0) is 24.3 Å². The molecule has 0 atom stereocenters. The third-order valence-electron chi connectivity index (χ3n) is 3.19. The molecule has 0 bridgehead atoms. The molecule has 3 rings (SSSR count). The molecule has 8 heteroatoms. The summed E-state index contributed by atoms with van der Waals surface area (Å²) in [5.41, 5.74) is -0.110. The van der Waals surface area contributed by atoms with Crippen molar-refractivity contribution < 1.29 is 18.0 Å². The third kappa shape index (κ3) is 3.65. The highest BCUT2D eigenvalue weighted by Crippen LogP contribution is 2.22. The predicted octanol–water partition coefficient (Wildman–Crippen LogP) is 3.84. The smallest absolute Gasteiger partial charge is 0.291 e. The van der Waals surface area contributed by atoms with Gasteiger partial charge in [0.15, 0.2) is 10.9 Å². The number of nitrogens with zero attached hydrogens (tertiary/aromatic N) is 2. The number of hydrogen-bond acceptors (Lipinski definition) is 4. The van der Waals surface area contributed by atoms with Crippen molar-refractivity contribution in [3.8, 4) is 0 Å². The molecule has 0 aliphatic carbocycles. The highest BCUT2D eigenvalue weighted by atomic mass is 32.2. The number of rotatable bonds is 5. The van der Waals surface area contributed by atoms with Crippen LogP contribution in [0.15, 0.2) is 52.3 Å². The fraction of sp³-hybridized carbons (Fsp3) is 0.125. The van der Waals surface area contributed by atoms with Crippen LogP contribution in [0.1, 0.15) is 16.3 Å². The topological polar surface area (TPSA) is 60.1 Å². The summed E-state index contributed by atoms with van der Waals surface area (Å²) in [5.74, 6) is -1.02. The highest BCUT2D eigenvalue weighted by molar-refractivity contribution is 7.98. The van der Waals surface area contributed by atoms with Gasteiger partial charge in [-0.3, -0.25) is 4.79 Å². The van der Waals surface area contributed by atoms with Crippen LogP contribution in [0, 0.1) is 11.6 Å². The number of carbonyl (C=O) groups excluding carboxylic acids is 1. The maximum atomic E-state index is 13.5. The van der Waals surface area contributed by atoms with Crippen molar-refractivity contribution in [2.45, 2.75) is 10.9 Å². The van der Waals surface area contributed by atoms with E-state index in [1.54, 1.807) is 12.3 Å². The maximum absolute atomic E-state index is 13.5. The number of aryl methyl sites for hydroxylation is 1. The number of thioether (sulfide) groups is 1. The van der Waals surface area contributed by atoms with E-state index in [1.165, 1.54) is 17.8 Å². The van der Waals surface area contributed by atoms with E-state index in [4.69, 9.17) is 4.42 Å². The minimum Gasteiger partial charge on any atom is -0.455 e. The number of nitrogens with one attached hydrogen (secondary N) is 1. The molecule has 0 saturated carbocycles. The first-order chi connectivity index (χ1) is 11.5. The quantitative estimate of drug-likeness (QED) is 0.711. The molecule has 0 saturated heterocycles. The van der Waals surface area contributed by atoms with E-state index < -0.39 is 17.5 Å². The van der Waals surface area contributed by atoms with Crippen LogP contribution in [0.4, 0.5) is 14.5 Å². The molecular formula is C16H13F2N3O2S. The number of aromatic nitrogens is 2. The Balaban J connectivity index is 1.64. The average Bonchev–Trinajstić information content (AvgIpc) is 3.17. The minimum atomic E-state index is -0.847. The molecule has 3 aromatic rings. The molecule has 0 spiro atoms. The van der Waals surface area contributed by atoms with Crippen molar-refractivity contribution in [2.75, 3.05) is 5.32 Å². The standard InChI is InChI=1S/C16H13F2N3O2S/c1-21-7-6-19-16(21)24-9-11-3-5-14(23-11)15(22)20-13-4-2-10(17)8-12(13)18/h2-8H,9H2,1H3,(H,20,22).